The molecule has 1 saturated heterocycles. The van der Waals surface area contributed by atoms with Crippen molar-refractivity contribution < 1.29 is 19.7 Å². The van der Waals surface area contributed by atoms with Gasteiger partial charge in [0.15, 0.2) is 6.29 Å². The summed E-state index contributed by atoms with van der Waals surface area (Å²) in [5.74, 6) is 0. The van der Waals surface area contributed by atoms with E-state index in [4.69, 9.17) is 15.0 Å². The maximum absolute atomic E-state index is 9.68. The number of aliphatic hydroxyl groups is 2. The van der Waals surface area contributed by atoms with Crippen LogP contribution in [0, 0.1) is 0 Å². The molecule has 0 bridgehead atoms. The van der Waals surface area contributed by atoms with Crippen LogP contribution in [0.4, 0.5) is 0 Å². The Labute approximate surface area is 93.6 Å². The Hall–Kier alpha value is -0.850. The van der Waals surface area contributed by atoms with Crippen LogP contribution in [0.3, 0.4) is 0 Å². The van der Waals surface area contributed by atoms with Crippen molar-refractivity contribution in [1.29, 1.82) is 0 Å². The highest BCUT2D eigenvalue weighted by Gasteiger charge is 2.42. The normalized spacial score (nSPS) is 33.7. The summed E-state index contributed by atoms with van der Waals surface area (Å²) < 4.78 is 10.3. The Balaban J connectivity index is 2.36. The largest absolute Gasteiger partial charge is 0.390 e. The van der Waals surface area contributed by atoms with E-state index in [1.807, 2.05) is 6.92 Å². The van der Waals surface area contributed by atoms with Crippen LogP contribution in [0.1, 0.15) is 19.8 Å². The van der Waals surface area contributed by atoms with E-state index in [2.05, 4.69) is 10.0 Å². The highest BCUT2D eigenvalue weighted by molar-refractivity contribution is 4.91. The monoisotopic (exact) mass is 231 g/mol. The van der Waals surface area contributed by atoms with E-state index in [1.54, 1.807) is 0 Å². The molecule has 7 nitrogen and oxygen atoms in total. The highest BCUT2D eigenvalue weighted by atomic mass is 16.6. The topological polar surface area (TPSA) is 108 Å². The van der Waals surface area contributed by atoms with Gasteiger partial charge in [0.2, 0.25) is 0 Å². The molecule has 1 rings (SSSR count). The van der Waals surface area contributed by atoms with Crippen LogP contribution < -0.4 is 0 Å². The summed E-state index contributed by atoms with van der Waals surface area (Å²) in [5.41, 5.74) is 8.24. The first kappa shape index (κ1) is 13.2. The van der Waals surface area contributed by atoms with E-state index in [0.29, 0.717) is 6.61 Å². The second kappa shape index (κ2) is 6.67. The van der Waals surface area contributed by atoms with E-state index >= 15 is 0 Å². The summed E-state index contributed by atoms with van der Waals surface area (Å²) in [4.78, 5) is 2.55. The molecule has 0 aromatic carbocycles. The first-order valence-electron chi connectivity index (χ1n) is 5.34. The number of nitrogens with zero attached hydrogens (tertiary/aromatic N) is 3. The minimum atomic E-state index is -1.26. The Morgan fingerprint density at radius 2 is 2.25 bits per heavy atom. The van der Waals surface area contributed by atoms with Crippen LogP contribution in [0.25, 0.3) is 10.4 Å². The van der Waals surface area contributed by atoms with E-state index in [0.717, 1.165) is 12.8 Å². The molecule has 1 unspecified atom stereocenters. The van der Waals surface area contributed by atoms with Gasteiger partial charge in [-0.25, -0.2) is 0 Å². The minimum Gasteiger partial charge on any atom is -0.390 e. The highest BCUT2D eigenvalue weighted by Crippen LogP contribution is 2.22. The molecule has 1 aliphatic heterocycles. The van der Waals surface area contributed by atoms with Gasteiger partial charge < -0.3 is 19.7 Å². The van der Waals surface area contributed by atoms with Crippen LogP contribution in [0.5, 0.6) is 0 Å². The van der Waals surface area contributed by atoms with Gasteiger partial charge >= 0.3 is 0 Å². The second-order valence-corrected chi connectivity index (χ2v) is 3.68. The zero-order chi connectivity index (χ0) is 12.0. The molecule has 0 aliphatic carbocycles. The maximum atomic E-state index is 9.68. The molecule has 2 N–H and O–H groups in total. The SMILES string of the molecule is CCCCOC[C@H]1O[C@@H](O)C(N=[N+]=[N-])[C@H]1O. The quantitative estimate of drug-likeness (QED) is 0.301. The zero-order valence-corrected chi connectivity index (χ0v) is 9.19. The van der Waals surface area contributed by atoms with Gasteiger partial charge in [-0.05, 0) is 12.0 Å². The van der Waals surface area contributed by atoms with E-state index in [1.165, 1.54) is 0 Å². The number of unbranched alkanes of at least 4 members (excludes halogenated alkanes) is 1. The zero-order valence-electron chi connectivity index (χ0n) is 9.19. The molecular formula is C9H17N3O4. The van der Waals surface area contributed by atoms with Crippen molar-refractivity contribution in [3.05, 3.63) is 10.4 Å². The number of ether oxygens (including phenoxy) is 2. The van der Waals surface area contributed by atoms with Crippen LogP contribution in [0.15, 0.2) is 5.11 Å². The van der Waals surface area contributed by atoms with Gasteiger partial charge in [0.1, 0.15) is 12.1 Å². The van der Waals surface area contributed by atoms with Crippen LogP contribution in [0.2, 0.25) is 0 Å². The van der Waals surface area contributed by atoms with Gasteiger partial charge in [0, 0.05) is 11.5 Å². The summed E-state index contributed by atoms with van der Waals surface area (Å²) in [6.45, 7) is 2.83. The molecule has 0 aromatic rings. The number of rotatable bonds is 6. The van der Waals surface area contributed by atoms with Gasteiger partial charge in [-0.1, -0.05) is 18.5 Å². The molecule has 0 spiro atoms. The van der Waals surface area contributed by atoms with E-state index in [-0.39, 0.29) is 6.61 Å². The lowest BCUT2D eigenvalue weighted by Gasteiger charge is -2.14. The summed E-state index contributed by atoms with van der Waals surface area (Å²) in [6.07, 6.45) is -0.955. The van der Waals surface area contributed by atoms with Crippen molar-refractivity contribution in [2.45, 2.75) is 44.3 Å². The lowest BCUT2D eigenvalue weighted by molar-refractivity contribution is -0.118. The Morgan fingerprint density at radius 3 is 2.88 bits per heavy atom. The van der Waals surface area contributed by atoms with Crippen molar-refractivity contribution in [3.63, 3.8) is 0 Å². The molecule has 4 atom stereocenters. The Morgan fingerprint density at radius 1 is 1.50 bits per heavy atom. The Kier molecular flexibility index (Phi) is 5.51. The number of aliphatic hydroxyl groups excluding tert-OH is 2. The van der Waals surface area contributed by atoms with Crippen molar-refractivity contribution in [2.75, 3.05) is 13.2 Å². The Bertz CT molecular complexity index is 257. The fourth-order valence-electron chi connectivity index (χ4n) is 1.50. The second-order valence-electron chi connectivity index (χ2n) is 3.68. The molecule has 1 fully saturated rings. The van der Waals surface area contributed by atoms with Gasteiger partial charge in [-0.15, -0.1) is 0 Å². The molecule has 16 heavy (non-hydrogen) atoms. The number of azide groups is 1. The molecule has 0 radical (unpaired) electrons. The first-order chi connectivity index (χ1) is 7.70. The van der Waals surface area contributed by atoms with Crippen molar-refractivity contribution in [3.8, 4) is 0 Å². The third-order valence-corrected chi connectivity index (χ3v) is 2.45. The van der Waals surface area contributed by atoms with Gasteiger partial charge in [0.25, 0.3) is 0 Å². The van der Waals surface area contributed by atoms with E-state index in [9.17, 15) is 10.2 Å². The third kappa shape index (κ3) is 3.33. The molecule has 0 saturated carbocycles. The van der Waals surface area contributed by atoms with Crippen molar-refractivity contribution in [2.24, 2.45) is 5.11 Å². The minimum absolute atomic E-state index is 0.190. The summed E-state index contributed by atoms with van der Waals surface area (Å²) >= 11 is 0. The van der Waals surface area contributed by atoms with Gasteiger partial charge in [-0.3, -0.25) is 0 Å². The maximum Gasteiger partial charge on any atom is 0.166 e. The molecule has 0 amide bonds. The third-order valence-electron chi connectivity index (χ3n) is 2.45. The molecule has 1 aliphatic rings. The smallest absolute Gasteiger partial charge is 0.166 e. The average Bonchev–Trinajstić information content (AvgIpc) is 2.53. The molecular weight excluding hydrogens is 214 g/mol. The van der Waals surface area contributed by atoms with Gasteiger partial charge in [-0.2, -0.15) is 0 Å². The van der Waals surface area contributed by atoms with E-state index < -0.39 is 24.5 Å². The van der Waals surface area contributed by atoms with Crippen molar-refractivity contribution in [1.82, 2.24) is 0 Å². The molecule has 7 heteroatoms. The summed E-state index contributed by atoms with van der Waals surface area (Å²) in [5, 5.41) is 22.3. The molecule has 92 valence electrons. The fraction of sp³-hybridized carbons (Fsp3) is 1.00. The average molecular weight is 231 g/mol. The lowest BCUT2D eigenvalue weighted by Crippen LogP contribution is -2.33. The van der Waals surface area contributed by atoms with Crippen LogP contribution >= 0.6 is 0 Å². The number of hydrogen-bond acceptors (Lipinski definition) is 5. The predicted octanol–water partition coefficient (Wildman–Crippen LogP) is 0.560. The van der Waals surface area contributed by atoms with Gasteiger partial charge in [0.05, 0.1) is 12.7 Å². The number of hydrogen-bond donors (Lipinski definition) is 2. The van der Waals surface area contributed by atoms with Crippen LogP contribution in [-0.2, 0) is 9.47 Å². The molecule has 0 aromatic heterocycles. The summed E-state index contributed by atoms with van der Waals surface area (Å²) in [7, 11) is 0. The van der Waals surface area contributed by atoms with Crippen LogP contribution in [-0.4, -0.2) is 48.0 Å². The van der Waals surface area contributed by atoms with Crippen molar-refractivity contribution >= 4 is 0 Å². The first-order valence-corrected chi connectivity index (χ1v) is 5.34. The standard InChI is InChI=1S/C9H17N3O4/c1-2-3-4-15-5-6-8(13)7(11-12-10)9(14)16-6/h6-9,13-14H,2-5H2,1H3/t6-,7?,8+,9-/m1/s1. The molecule has 1 heterocycles. The summed E-state index contributed by atoms with van der Waals surface area (Å²) in [6, 6.07) is -0.954. The predicted molar refractivity (Wildman–Crippen MR) is 55.5 cm³/mol. The fourth-order valence-corrected chi connectivity index (χ4v) is 1.50. The lowest BCUT2D eigenvalue weighted by atomic mass is 10.1.